The monoisotopic (exact) mass is 363 g/mol. The Bertz CT molecular complexity index is 639. The molecule has 0 bridgehead atoms. The van der Waals surface area contributed by atoms with Crippen LogP contribution in [0.15, 0.2) is 40.9 Å². The molecule has 0 spiro atoms. The lowest BCUT2D eigenvalue weighted by atomic mass is 9.76. The van der Waals surface area contributed by atoms with Gasteiger partial charge in [-0.25, -0.2) is 0 Å². The molecule has 1 saturated carbocycles. The molecule has 0 saturated heterocycles. The number of halogens is 2. The summed E-state index contributed by atoms with van der Waals surface area (Å²) in [7, 11) is 0. The van der Waals surface area contributed by atoms with E-state index in [1.54, 1.807) is 0 Å². The lowest BCUT2D eigenvalue weighted by molar-refractivity contribution is 0.374. The quantitative estimate of drug-likeness (QED) is 0.696. The molecule has 1 fully saturated rings. The third kappa shape index (κ3) is 3.27. The number of nitrogens with one attached hydrogen (secondary N) is 1. The number of rotatable bonds is 3. The van der Waals surface area contributed by atoms with Crippen molar-refractivity contribution in [1.29, 1.82) is 0 Å². The number of hydrogen-bond donors (Lipinski definition) is 1. The fourth-order valence-corrected chi connectivity index (χ4v) is 3.46. The predicted molar refractivity (Wildman–Crippen MR) is 94.5 cm³/mol. The van der Waals surface area contributed by atoms with E-state index in [1.165, 1.54) is 39.7 Å². The lowest BCUT2D eigenvalue weighted by Gasteiger charge is -2.37. The van der Waals surface area contributed by atoms with Crippen LogP contribution in [0.25, 0.3) is 0 Å². The van der Waals surface area contributed by atoms with E-state index in [0.717, 1.165) is 5.02 Å². The first-order valence-electron chi connectivity index (χ1n) is 7.31. The Morgan fingerprint density at radius 1 is 1.10 bits per heavy atom. The SMILES string of the molecule is Cc1cc(NC2CC(c3cccc(Cl)c3)C2)cc(C)c1Br. The normalized spacial score (nSPS) is 21.0. The molecule has 3 rings (SSSR count). The van der Waals surface area contributed by atoms with E-state index in [0.29, 0.717) is 12.0 Å². The average Bonchev–Trinajstić information content (AvgIpc) is 2.39. The summed E-state index contributed by atoms with van der Waals surface area (Å²) in [5.41, 5.74) is 5.15. The number of aryl methyl sites for hydroxylation is 2. The van der Waals surface area contributed by atoms with Crippen molar-refractivity contribution >= 4 is 33.2 Å². The van der Waals surface area contributed by atoms with Gasteiger partial charge in [-0.2, -0.15) is 0 Å². The minimum atomic E-state index is 0.564. The van der Waals surface area contributed by atoms with Crippen molar-refractivity contribution in [1.82, 2.24) is 0 Å². The highest BCUT2D eigenvalue weighted by Gasteiger charge is 2.30. The summed E-state index contributed by atoms with van der Waals surface area (Å²) in [4.78, 5) is 0. The van der Waals surface area contributed by atoms with Gasteiger partial charge in [-0.05, 0) is 73.6 Å². The van der Waals surface area contributed by atoms with Gasteiger partial charge < -0.3 is 5.32 Å². The summed E-state index contributed by atoms with van der Waals surface area (Å²) >= 11 is 9.68. The van der Waals surface area contributed by atoms with Crippen LogP contribution in [0.3, 0.4) is 0 Å². The molecule has 0 atom stereocenters. The van der Waals surface area contributed by atoms with Gasteiger partial charge in [0.25, 0.3) is 0 Å². The van der Waals surface area contributed by atoms with E-state index >= 15 is 0 Å². The van der Waals surface area contributed by atoms with Crippen LogP contribution in [-0.2, 0) is 0 Å². The maximum atomic E-state index is 6.07. The van der Waals surface area contributed by atoms with Crippen molar-refractivity contribution in [3.8, 4) is 0 Å². The molecule has 3 heteroatoms. The third-order valence-corrected chi connectivity index (χ3v) is 5.75. The minimum absolute atomic E-state index is 0.564. The van der Waals surface area contributed by atoms with E-state index in [4.69, 9.17) is 11.6 Å². The second-order valence-electron chi connectivity index (χ2n) is 5.99. The van der Waals surface area contributed by atoms with E-state index in [1.807, 2.05) is 12.1 Å². The van der Waals surface area contributed by atoms with Crippen molar-refractivity contribution < 1.29 is 0 Å². The number of anilines is 1. The maximum Gasteiger partial charge on any atom is 0.0408 e. The van der Waals surface area contributed by atoms with Gasteiger partial charge in [-0.3, -0.25) is 0 Å². The van der Waals surface area contributed by atoms with Crippen molar-refractivity contribution in [2.45, 2.75) is 38.6 Å². The van der Waals surface area contributed by atoms with Crippen molar-refractivity contribution in [2.24, 2.45) is 0 Å². The highest BCUT2D eigenvalue weighted by atomic mass is 79.9. The van der Waals surface area contributed by atoms with Crippen molar-refractivity contribution in [3.63, 3.8) is 0 Å². The number of hydrogen-bond acceptors (Lipinski definition) is 1. The van der Waals surface area contributed by atoms with Gasteiger partial charge >= 0.3 is 0 Å². The van der Waals surface area contributed by atoms with Crippen molar-refractivity contribution in [2.75, 3.05) is 5.32 Å². The summed E-state index contributed by atoms with van der Waals surface area (Å²) < 4.78 is 1.21. The molecular formula is C18H19BrClN. The molecule has 0 amide bonds. The van der Waals surface area contributed by atoms with Crippen LogP contribution in [-0.4, -0.2) is 6.04 Å². The summed E-state index contributed by atoms with van der Waals surface area (Å²) in [5, 5.41) is 4.48. The Morgan fingerprint density at radius 3 is 2.38 bits per heavy atom. The molecule has 2 aromatic rings. The zero-order valence-electron chi connectivity index (χ0n) is 12.3. The fraction of sp³-hybridized carbons (Fsp3) is 0.333. The van der Waals surface area contributed by atoms with Gasteiger partial charge in [0, 0.05) is 21.2 Å². The first kappa shape index (κ1) is 14.9. The second kappa shape index (κ2) is 6.02. The van der Waals surface area contributed by atoms with Crippen LogP contribution in [0.1, 0.15) is 35.4 Å². The largest absolute Gasteiger partial charge is 0.382 e. The summed E-state index contributed by atoms with van der Waals surface area (Å²) in [5.74, 6) is 0.638. The van der Waals surface area contributed by atoms with E-state index in [2.05, 4.69) is 59.4 Å². The van der Waals surface area contributed by atoms with Gasteiger partial charge in [0.05, 0.1) is 0 Å². The molecule has 1 aliphatic carbocycles. The molecule has 0 heterocycles. The number of benzene rings is 2. The summed E-state index contributed by atoms with van der Waals surface area (Å²) in [6, 6.07) is 13.2. The Balaban J connectivity index is 1.62. The first-order chi connectivity index (χ1) is 10.0. The third-order valence-electron chi connectivity index (χ3n) is 4.27. The molecule has 110 valence electrons. The van der Waals surface area contributed by atoms with Crippen LogP contribution in [0.5, 0.6) is 0 Å². The molecule has 2 aromatic carbocycles. The van der Waals surface area contributed by atoms with Gasteiger partial charge in [0.2, 0.25) is 0 Å². The highest BCUT2D eigenvalue weighted by Crippen LogP contribution is 2.39. The van der Waals surface area contributed by atoms with Crippen LogP contribution >= 0.6 is 27.5 Å². The maximum absolute atomic E-state index is 6.07. The van der Waals surface area contributed by atoms with Gasteiger partial charge in [-0.15, -0.1) is 0 Å². The predicted octanol–water partition coefficient (Wildman–Crippen LogP) is 6.08. The van der Waals surface area contributed by atoms with Gasteiger partial charge in [-0.1, -0.05) is 39.7 Å². The Labute approximate surface area is 139 Å². The molecule has 0 radical (unpaired) electrons. The smallest absolute Gasteiger partial charge is 0.0408 e. The zero-order chi connectivity index (χ0) is 15.0. The molecule has 0 aromatic heterocycles. The Kier molecular flexibility index (Phi) is 4.28. The lowest BCUT2D eigenvalue weighted by Crippen LogP contribution is -2.34. The zero-order valence-corrected chi connectivity index (χ0v) is 14.6. The standard InChI is InChI=1S/C18H19BrClN/c1-11-6-16(7-12(2)18(11)19)21-17-9-14(10-17)13-4-3-5-15(20)8-13/h3-8,14,17,21H,9-10H2,1-2H3. The summed E-state index contributed by atoms with van der Waals surface area (Å²) in [6.45, 7) is 4.27. The average molecular weight is 365 g/mol. The fourth-order valence-electron chi connectivity index (χ4n) is 3.03. The van der Waals surface area contributed by atoms with E-state index < -0.39 is 0 Å². The highest BCUT2D eigenvalue weighted by molar-refractivity contribution is 9.10. The van der Waals surface area contributed by atoms with E-state index in [9.17, 15) is 0 Å². The topological polar surface area (TPSA) is 12.0 Å². The van der Waals surface area contributed by atoms with Crippen molar-refractivity contribution in [3.05, 3.63) is 62.6 Å². The summed E-state index contributed by atoms with van der Waals surface area (Å²) in [6.07, 6.45) is 2.35. The van der Waals surface area contributed by atoms with Crippen LogP contribution < -0.4 is 5.32 Å². The Morgan fingerprint density at radius 2 is 1.76 bits per heavy atom. The van der Waals surface area contributed by atoms with Crippen LogP contribution in [0, 0.1) is 13.8 Å². The molecule has 1 nitrogen and oxygen atoms in total. The molecule has 0 aliphatic heterocycles. The van der Waals surface area contributed by atoms with Gasteiger partial charge in [0.15, 0.2) is 0 Å². The molecule has 21 heavy (non-hydrogen) atoms. The Hall–Kier alpha value is -0.990. The molecule has 0 unspecified atom stereocenters. The van der Waals surface area contributed by atoms with Gasteiger partial charge in [0.1, 0.15) is 0 Å². The second-order valence-corrected chi connectivity index (χ2v) is 7.22. The van der Waals surface area contributed by atoms with Crippen LogP contribution in [0.4, 0.5) is 5.69 Å². The molecule has 1 N–H and O–H groups in total. The molecule has 1 aliphatic rings. The van der Waals surface area contributed by atoms with E-state index in [-0.39, 0.29) is 0 Å². The van der Waals surface area contributed by atoms with Crippen LogP contribution in [0.2, 0.25) is 5.02 Å². The minimum Gasteiger partial charge on any atom is -0.382 e. The molecular weight excluding hydrogens is 346 g/mol. The first-order valence-corrected chi connectivity index (χ1v) is 8.49.